The number of carbonyl (C=O) groups excluding carboxylic acids is 2. The van der Waals surface area contributed by atoms with Crippen molar-refractivity contribution in [2.75, 3.05) is 11.9 Å². The molecule has 0 aliphatic rings. The Balaban J connectivity index is 1.72. The van der Waals surface area contributed by atoms with Gasteiger partial charge < -0.3 is 10.1 Å². The zero-order chi connectivity index (χ0) is 22.6. The summed E-state index contributed by atoms with van der Waals surface area (Å²) in [6.07, 6.45) is -1.74. The van der Waals surface area contributed by atoms with Crippen LogP contribution in [0.5, 0.6) is 0 Å². The summed E-state index contributed by atoms with van der Waals surface area (Å²) in [4.78, 5) is 28.8. The van der Waals surface area contributed by atoms with E-state index in [1.54, 1.807) is 24.4 Å². The predicted octanol–water partition coefficient (Wildman–Crippen LogP) is 4.21. The summed E-state index contributed by atoms with van der Waals surface area (Å²) >= 11 is 0. The van der Waals surface area contributed by atoms with E-state index in [1.807, 2.05) is 13.8 Å². The van der Waals surface area contributed by atoms with Gasteiger partial charge in [0.1, 0.15) is 5.56 Å². The average Bonchev–Trinajstić information content (AvgIpc) is 3.18. The fourth-order valence-corrected chi connectivity index (χ4v) is 2.97. The number of amides is 1. The quantitative estimate of drug-likeness (QED) is 0.590. The second kappa shape index (κ2) is 8.99. The lowest BCUT2D eigenvalue weighted by Gasteiger charge is -2.14. The Morgan fingerprint density at radius 3 is 2.48 bits per heavy atom. The maximum atomic E-state index is 13.0. The van der Waals surface area contributed by atoms with Gasteiger partial charge in [-0.25, -0.2) is 14.5 Å². The van der Waals surface area contributed by atoms with Gasteiger partial charge in [0, 0.05) is 6.20 Å². The molecule has 2 aromatic heterocycles. The molecule has 0 unspecified atom stereocenters. The zero-order valence-electron chi connectivity index (χ0n) is 16.7. The minimum Gasteiger partial charge on any atom is -0.452 e. The highest BCUT2D eigenvalue weighted by Crippen LogP contribution is 2.34. The number of aromatic nitrogens is 3. The minimum absolute atomic E-state index is 0.125. The van der Waals surface area contributed by atoms with Crippen LogP contribution in [0.15, 0.2) is 54.9 Å². The van der Waals surface area contributed by atoms with Crippen molar-refractivity contribution in [2.45, 2.75) is 25.9 Å². The van der Waals surface area contributed by atoms with Crippen LogP contribution >= 0.6 is 0 Å². The molecule has 0 aliphatic heterocycles. The highest BCUT2D eigenvalue weighted by molar-refractivity contribution is 5.96. The zero-order valence-corrected chi connectivity index (χ0v) is 16.7. The Bertz CT molecular complexity index is 1080. The van der Waals surface area contributed by atoms with Gasteiger partial charge in [-0.2, -0.15) is 18.3 Å². The van der Waals surface area contributed by atoms with E-state index in [2.05, 4.69) is 15.4 Å². The Morgan fingerprint density at radius 2 is 1.84 bits per heavy atom. The fourth-order valence-electron chi connectivity index (χ4n) is 2.97. The monoisotopic (exact) mass is 432 g/mol. The number of alkyl halides is 3. The Labute approximate surface area is 175 Å². The van der Waals surface area contributed by atoms with E-state index in [0.717, 1.165) is 12.1 Å². The summed E-state index contributed by atoms with van der Waals surface area (Å²) in [5, 5.41) is 6.32. The standard InChI is InChI=1S/C21H19F3N4O3/c1-13(2)19-14(11-26-28(19)17-9-5-6-10-25-17)20(30)31-12-18(29)27-16-8-4-3-7-15(16)21(22,23)24/h3-11,13H,12H2,1-2H3,(H,27,29). The van der Waals surface area contributed by atoms with Gasteiger partial charge in [0.05, 0.1) is 23.1 Å². The van der Waals surface area contributed by atoms with Crippen LogP contribution in [0.25, 0.3) is 5.82 Å². The van der Waals surface area contributed by atoms with Crippen molar-refractivity contribution in [3.8, 4) is 5.82 Å². The van der Waals surface area contributed by atoms with Crippen LogP contribution in [0, 0.1) is 0 Å². The molecule has 10 heteroatoms. The number of halogens is 3. The number of benzene rings is 1. The second-order valence-electron chi connectivity index (χ2n) is 6.87. The minimum atomic E-state index is -4.63. The molecule has 0 spiro atoms. The highest BCUT2D eigenvalue weighted by Gasteiger charge is 2.33. The van der Waals surface area contributed by atoms with Gasteiger partial charge in [0.25, 0.3) is 5.91 Å². The number of carbonyl (C=O) groups is 2. The number of rotatable bonds is 6. The molecule has 0 saturated carbocycles. The summed E-state index contributed by atoms with van der Waals surface area (Å²) in [5.41, 5.74) is -0.731. The van der Waals surface area contributed by atoms with Crippen LogP contribution in [-0.2, 0) is 15.7 Å². The van der Waals surface area contributed by atoms with Crippen LogP contribution < -0.4 is 5.32 Å². The summed E-state index contributed by atoms with van der Waals surface area (Å²) in [5.74, 6) is -1.33. The number of nitrogens with one attached hydrogen (secondary N) is 1. The molecular formula is C21H19F3N4O3. The molecular weight excluding hydrogens is 413 g/mol. The number of hydrogen-bond acceptors (Lipinski definition) is 5. The molecule has 3 rings (SSSR count). The van der Waals surface area contributed by atoms with Gasteiger partial charge in [-0.3, -0.25) is 4.79 Å². The number of para-hydroxylation sites is 1. The molecule has 0 radical (unpaired) electrons. The van der Waals surface area contributed by atoms with Crippen LogP contribution in [0.1, 0.15) is 41.4 Å². The van der Waals surface area contributed by atoms with E-state index in [-0.39, 0.29) is 11.5 Å². The number of ether oxygens (including phenoxy) is 1. The van der Waals surface area contributed by atoms with Crippen molar-refractivity contribution in [3.05, 3.63) is 71.7 Å². The Kier molecular flexibility index (Phi) is 6.38. The first-order chi connectivity index (χ1) is 14.7. The third-order valence-corrected chi connectivity index (χ3v) is 4.28. The lowest BCUT2D eigenvalue weighted by atomic mass is 10.1. The van der Waals surface area contributed by atoms with Gasteiger partial charge in [-0.1, -0.05) is 32.0 Å². The number of hydrogen-bond donors (Lipinski definition) is 1. The van der Waals surface area contributed by atoms with Gasteiger partial charge in [0.15, 0.2) is 12.4 Å². The van der Waals surface area contributed by atoms with Crippen molar-refractivity contribution < 1.29 is 27.5 Å². The topological polar surface area (TPSA) is 86.1 Å². The maximum absolute atomic E-state index is 13.0. The van der Waals surface area contributed by atoms with Crippen molar-refractivity contribution in [1.29, 1.82) is 0 Å². The third-order valence-electron chi connectivity index (χ3n) is 4.28. The first-order valence-corrected chi connectivity index (χ1v) is 9.31. The molecule has 3 aromatic rings. The molecule has 0 saturated heterocycles. The van der Waals surface area contributed by atoms with Gasteiger partial charge in [-0.15, -0.1) is 0 Å². The molecule has 2 heterocycles. The maximum Gasteiger partial charge on any atom is 0.418 e. The molecule has 31 heavy (non-hydrogen) atoms. The van der Waals surface area contributed by atoms with E-state index >= 15 is 0 Å². The van der Waals surface area contributed by atoms with Crippen LogP contribution in [0.4, 0.5) is 18.9 Å². The van der Waals surface area contributed by atoms with Crippen molar-refractivity contribution in [2.24, 2.45) is 0 Å². The lowest BCUT2D eigenvalue weighted by Crippen LogP contribution is -2.23. The van der Waals surface area contributed by atoms with Crippen LogP contribution in [0.2, 0.25) is 0 Å². The number of pyridine rings is 1. The van der Waals surface area contributed by atoms with E-state index in [4.69, 9.17) is 4.74 Å². The highest BCUT2D eigenvalue weighted by atomic mass is 19.4. The molecule has 162 valence electrons. The number of anilines is 1. The summed E-state index contributed by atoms with van der Waals surface area (Å²) in [6, 6.07) is 9.78. The largest absolute Gasteiger partial charge is 0.452 e. The lowest BCUT2D eigenvalue weighted by molar-refractivity contribution is -0.137. The summed E-state index contributed by atoms with van der Waals surface area (Å²) in [7, 11) is 0. The SMILES string of the molecule is CC(C)c1c(C(=O)OCC(=O)Nc2ccccc2C(F)(F)F)cnn1-c1ccccn1. The third kappa shape index (κ3) is 5.08. The van der Waals surface area contributed by atoms with Gasteiger partial charge in [-0.05, 0) is 30.2 Å². The molecule has 1 N–H and O–H groups in total. The number of nitrogens with zero attached hydrogens (tertiary/aromatic N) is 3. The first-order valence-electron chi connectivity index (χ1n) is 9.31. The molecule has 1 aromatic carbocycles. The van der Waals surface area contributed by atoms with Crippen molar-refractivity contribution in [3.63, 3.8) is 0 Å². The summed E-state index contributed by atoms with van der Waals surface area (Å²) in [6.45, 7) is 2.96. The molecule has 0 aliphatic carbocycles. The molecule has 0 bridgehead atoms. The first kappa shape index (κ1) is 22.0. The Hall–Kier alpha value is -3.69. The van der Waals surface area contributed by atoms with E-state index in [0.29, 0.717) is 11.5 Å². The van der Waals surface area contributed by atoms with Crippen LogP contribution in [-0.4, -0.2) is 33.2 Å². The van der Waals surface area contributed by atoms with E-state index in [1.165, 1.54) is 23.0 Å². The van der Waals surface area contributed by atoms with E-state index in [9.17, 15) is 22.8 Å². The predicted molar refractivity (Wildman–Crippen MR) is 106 cm³/mol. The number of esters is 1. The normalized spacial score (nSPS) is 11.4. The smallest absolute Gasteiger partial charge is 0.418 e. The molecule has 7 nitrogen and oxygen atoms in total. The van der Waals surface area contributed by atoms with Crippen molar-refractivity contribution in [1.82, 2.24) is 14.8 Å². The van der Waals surface area contributed by atoms with Gasteiger partial charge in [0.2, 0.25) is 0 Å². The molecule has 0 atom stereocenters. The Morgan fingerprint density at radius 1 is 1.13 bits per heavy atom. The second-order valence-corrected chi connectivity index (χ2v) is 6.87. The fraction of sp³-hybridized carbons (Fsp3) is 0.238. The van der Waals surface area contributed by atoms with Gasteiger partial charge >= 0.3 is 12.1 Å². The van der Waals surface area contributed by atoms with Crippen molar-refractivity contribution >= 4 is 17.6 Å². The average molecular weight is 432 g/mol. The summed E-state index contributed by atoms with van der Waals surface area (Å²) < 4.78 is 45.7. The molecule has 1 amide bonds. The van der Waals surface area contributed by atoms with Crippen LogP contribution in [0.3, 0.4) is 0 Å². The van der Waals surface area contributed by atoms with E-state index < -0.39 is 35.9 Å². The molecule has 0 fully saturated rings.